The summed E-state index contributed by atoms with van der Waals surface area (Å²) in [6.45, 7) is 6.70. The van der Waals surface area contributed by atoms with Gasteiger partial charge < -0.3 is 9.52 Å². The molecule has 4 nitrogen and oxygen atoms in total. The summed E-state index contributed by atoms with van der Waals surface area (Å²) in [5.74, 6) is 0.973. The van der Waals surface area contributed by atoms with E-state index < -0.39 is 0 Å². The van der Waals surface area contributed by atoms with Gasteiger partial charge >= 0.3 is 0 Å². The molecule has 0 aliphatic rings. The highest BCUT2D eigenvalue weighted by Gasteiger charge is 2.27. The second-order valence-electron chi connectivity index (χ2n) is 11.0. The van der Waals surface area contributed by atoms with Crippen molar-refractivity contribution in [3.8, 4) is 34.0 Å². The molecule has 0 unspecified atom stereocenters. The number of nitrogens with zero attached hydrogens (tertiary/aromatic N) is 2. The summed E-state index contributed by atoms with van der Waals surface area (Å²) in [5, 5.41) is 12.7. The van der Waals surface area contributed by atoms with Gasteiger partial charge in [-0.15, -0.1) is 0 Å². The maximum absolute atomic E-state index is 10.6. The molecule has 0 saturated heterocycles. The fourth-order valence-corrected chi connectivity index (χ4v) is 5.63. The minimum Gasteiger partial charge on any atom is -0.508 e. The lowest BCUT2D eigenvalue weighted by atomic mass is 9.83. The lowest BCUT2D eigenvalue weighted by Gasteiger charge is -2.27. The van der Waals surface area contributed by atoms with Crippen molar-refractivity contribution in [2.75, 3.05) is 0 Å². The van der Waals surface area contributed by atoms with Crippen LogP contribution in [0.4, 0.5) is 0 Å². The van der Waals surface area contributed by atoms with Crippen molar-refractivity contribution in [1.29, 1.82) is 0 Å². The summed E-state index contributed by atoms with van der Waals surface area (Å²) in [4.78, 5) is 5.17. The fraction of sp³-hybridized carbons (Fsp3) is 0.114. The average Bonchev–Trinajstić information content (AvgIpc) is 3.51. The van der Waals surface area contributed by atoms with Crippen LogP contribution in [-0.2, 0) is 5.41 Å². The smallest absolute Gasteiger partial charge is 0.149 e. The van der Waals surface area contributed by atoms with E-state index in [1.54, 1.807) is 12.1 Å². The van der Waals surface area contributed by atoms with Gasteiger partial charge in [0, 0.05) is 22.4 Å². The topological polar surface area (TPSA) is 51.2 Å². The maximum atomic E-state index is 10.6. The SMILES string of the molecule is CC(C)(C)c1cccc(-c2ccccc2)c1-n1c(-c2cccc3c2oc2ccccc23)nc2ccc(O)cc21. The van der Waals surface area contributed by atoms with Crippen LogP contribution in [0.15, 0.2) is 114 Å². The van der Waals surface area contributed by atoms with Crippen LogP contribution >= 0.6 is 0 Å². The Morgan fingerprint density at radius 2 is 1.44 bits per heavy atom. The number of aromatic hydroxyl groups is 1. The van der Waals surface area contributed by atoms with E-state index in [0.717, 1.165) is 61.2 Å². The Hall–Kier alpha value is -4.83. The summed E-state index contributed by atoms with van der Waals surface area (Å²) in [6, 6.07) is 36.7. The van der Waals surface area contributed by atoms with Crippen LogP contribution in [0.3, 0.4) is 0 Å². The molecule has 0 aliphatic heterocycles. The third kappa shape index (κ3) is 3.71. The lowest BCUT2D eigenvalue weighted by molar-refractivity contribution is 0.476. The second kappa shape index (κ2) is 8.60. The number of hydrogen-bond acceptors (Lipinski definition) is 3. The highest BCUT2D eigenvalue weighted by Crippen LogP contribution is 2.43. The van der Waals surface area contributed by atoms with Gasteiger partial charge in [0.2, 0.25) is 0 Å². The average molecular weight is 509 g/mol. The number of benzene rings is 5. The van der Waals surface area contributed by atoms with Crippen molar-refractivity contribution in [2.24, 2.45) is 0 Å². The van der Waals surface area contributed by atoms with Crippen LogP contribution in [-0.4, -0.2) is 14.7 Å². The first kappa shape index (κ1) is 23.3. The van der Waals surface area contributed by atoms with E-state index in [4.69, 9.17) is 9.40 Å². The number of phenolic OH excluding ortho intramolecular Hbond substituents is 1. The minimum absolute atomic E-state index is 0.157. The summed E-state index contributed by atoms with van der Waals surface area (Å²) in [7, 11) is 0. The van der Waals surface area contributed by atoms with E-state index in [2.05, 4.69) is 92.1 Å². The Kier molecular flexibility index (Phi) is 5.14. The first-order valence-electron chi connectivity index (χ1n) is 13.2. The number of rotatable bonds is 3. The van der Waals surface area contributed by atoms with Gasteiger partial charge in [0.25, 0.3) is 0 Å². The highest BCUT2D eigenvalue weighted by atomic mass is 16.3. The van der Waals surface area contributed by atoms with Gasteiger partial charge in [-0.3, -0.25) is 4.57 Å². The second-order valence-corrected chi connectivity index (χ2v) is 11.0. The number of phenols is 1. The van der Waals surface area contributed by atoms with Crippen LogP contribution in [0.2, 0.25) is 0 Å². The minimum atomic E-state index is -0.157. The Morgan fingerprint density at radius 3 is 2.26 bits per heavy atom. The normalized spacial score (nSPS) is 12.1. The molecule has 2 heterocycles. The van der Waals surface area contributed by atoms with Crippen molar-refractivity contribution >= 4 is 33.0 Å². The van der Waals surface area contributed by atoms with E-state index in [1.807, 2.05) is 30.3 Å². The van der Waals surface area contributed by atoms with E-state index in [-0.39, 0.29) is 11.2 Å². The van der Waals surface area contributed by atoms with E-state index in [0.29, 0.717) is 0 Å². The number of para-hydroxylation sites is 3. The third-order valence-corrected chi connectivity index (χ3v) is 7.44. The van der Waals surface area contributed by atoms with E-state index in [1.165, 1.54) is 5.56 Å². The number of aromatic nitrogens is 2. The van der Waals surface area contributed by atoms with Crippen molar-refractivity contribution in [2.45, 2.75) is 26.2 Å². The predicted octanol–water partition coefficient (Wildman–Crippen LogP) is 9.26. The number of furan rings is 1. The lowest BCUT2D eigenvalue weighted by Crippen LogP contribution is -2.16. The molecule has 39 heavy (non-hydrogen) atoms. The molecule has 0 bridgehead atoms. The van der Waals surface area contributed by atoms with Gasteiger partial charge in [-0.2, -0.15) is 0 Å². The molecule has 2 aromatic heterocycles. The summed E-state index contributed by atoms with van der Waals surface area (Å²) in [6.07, 6.45) is 0. The highest BCUT2D eigenvalue weighted by molar-refractivity contribution is 6.09. The third-order valence-electron chi connectivity index (χ3n) is 7.44. The zero-order valence-corrected chi connectivity index (χ0v) is 22.1. The van der Waals surface area contributed by atoms with Gasteiger partial charge in [0.1, 0.15) is 22.7 Å². The van der Waals surface area contributed by atoms with Crippen molar-refractivity contribution in [3.05, 3.63) is 115 Å². The Morgan fingerprint density at radius 1 is 0.718 bits per heavy atom. The molecule has 190 valence electrons. The van der Waals surface area contributed by atoms with Gasteiger partial charge in [0.15, 0.2) is 0 Å². The molecule has 0 atom stereocenters. The van der Waals surface area contributed by atoms with Crippen LogP contribution in [0.1, 0.15) is 26.3 Å². The van der Waals surface area contributed by atoms with Crippen molar-refractivity contribution < 1.29 is 9.52 Å². The van der Waals surface area contributed by atoms with Crippen molar-refractivity contribution in [1.82, 2.24) is 9.55 Å². The Balaban J connectivity index is 1.65. The Labute approximate surface area is 226 Å². The molecular weight excluding hydrogens is 480 g/mol. The molecule has 0 radical (unpaired) electrons. The monoisotopic (exact) mass is 508 g/mol. The Bertz CT molecular complexity index is 2010. The van der Waals surface area contributed by atoms with E-state index in [9.17, 15) is 5.11 Å². The molecule has 7 rings (SSSR count). The first-order valence-corrected chi connectivity index (χ1v) is 13.2. The molecule has 4 heteroatoms. The summed E-state index contributed by atoms with van der Waals surface area (Å²) >= 11 is 0. The van der Waals surface area contributed by atoms with Crippen LogP contribution in [0.5, 0.6) is 5.75 Å². The molecule has 7 aromatic rings. The number of fused-ring (bicyclic) bond motifs is 4. The van der Waals surface area contributed by atoms with Crippen LogP contribution < -0.4 is 0 Å². The van der Waals surface area contributed by atoms with Gasteiger partial charge in [0.05, 0.1) is 22.3 Å². The molecule has 0 amide bonds. The number of hydrogen-bond donors (Lipinski definition) is 1. The molecule has 5 aromatic carbocycles. The molecule has 0 fully saturated rings. The zero-order valence-electron chi connectivity index (χ0n) is 22.1. The molecule has 0 saturated carbocycles. The summed E-state index contributed by atoms with van der Waals surface area (Å²) < 4.78 is 8.67. The summed E-state index contributed by atoms with van der Waals surface area (Å²) in [5.41, 5.74) is 8.49. The van der Waals surface area contributed by atoms with Crippen molar-refractivity contribution in [3.63, 3.8) is 0 Å². The molecular formula is C35H28N2O2. The first-order chi connectivity index (χ1) is 18.9. The quantitative estimate of drug-likeness (QED) is 0.259. The maximum Gasteiger partial charge on any atom is 0.149 e. The predicted molar refractivity (Wildman–Crippen MR) is 160 cm³/mol. The largest absolute Gasteiger partial charge is 0.508 e. The van der Waals surface area contributed by atoms with Crippen LogP contribution in [0.25, 0.3) is 61.2 Å². The van der Waals surface area contributed by atoms with Gasteiger partial charge in [-0.1, -0.05) is 99.6 Å². The van der Waals surface area contributed by atoms with Crippen LogP contribution in [0, 0.1) is 0 Å². The van der Waals surface area contributed by atoms with Gasteiger partial charge in [-0.25, -0.2) is 4.98 Å². The molecule has 1 N–H and O–H groups in total. The molecule has 0 aliphatic carbocycles. The standard InChI is InChI=1S/C35H28N2O2/c1-35(2,3)28-17-10-14-24(22-11-5-4-6-12-22)32(28)37-30-21-23(38)19-20-29(30)36-34(37)27-16-9-15-26-25-13-7-8-18-31(25)39-33(26)27/h4-21,38H,1-3H3. The molecule has 0 spiro atoms. The van der Waals surface area contributed by atoms with Gasteiger partial charge in [-0.05, 0) is 40.8 Å². The van der Waals surface area contributed by atoms with E-state index >= 15 is 0 Å². The zero-order chi connectivity index (χ0) is 26.7. The number of imidazole rings is 1. The fourth-order valence-electron chi connectivity index (χ4n) is 5.63.